The molecule has 1 aromatic rings. The lowest BCUT2D eigenvalue weighted by atomic mass is 9.87. The third kappa shape index (κ3) is 4.52. The van der Waals surface area contributed by atoms with E-state index in [1.54, 1.807) is 0 Å². The zero-order chi connectivity index (χ0) is 19.1. The third-order valence-corrected chi connectivity index (χ3v) is 6.36. The Morgan fingerprint density at radius 1 is 1.00 bits per heavy atom. The molecular formula is C22H32F2N2O. The lowest BCUT2D eigenvalue weighted by Gasteiger charge is -2.51. The van der Waals surface area contributed by atoms with Crippen LogP contribution in [0.1, 0.15) is 45.1 Å². The minimum atomic E-state index is -0.362. The van der Waals surface area contributed by atoms with E-state index < -0.39 is 0 Å². The van der Waals surface area contributed by atoms with Crippen molar-refractivity contribution in [3.05, 3.63) is 35.4 Å². The highest BCUT2D eigenvalue weighted by molar-refractivity contribution is 5.19. The topological polar surface area (TPSA) is 15.7 Å². The molecular weight excluding hydrogens is 346 g/mol. The summed E-state index contributed by atoms with van der Waals surface area (Å²) < 4.78 is 33.9. The number of hydrogen-bond donors (Lipinski definition) is 0. The molecule has 1 saturated carbocycles. The fourth-order valence-corrected chi connectivity index (χ4v) is 4.90. The molecule has 2 spiro atoms. The van der Waals surface area contributed by atoms with Crippen molar-refractivity contribution in [3.63, 3.8) is 0 Å². The van der Waals surface area contributed by atoms with Crippen LogP contribution in [0.4, 0.5) is 8.78 Å². The van der Waals surface area contributed by atoms with Gasteiger partial charge in [0, 0.05) is 39.3 Å². The fraction of sp³-hybridized carbons (Fsp3) is 0.727. The minimum absolute atomic E-state index is 0.00968. The van der Waals surface area contributed by atoms with Crippen LogP contribution >= 0.6 is 0 Å². The Labute approximate surface area is 161 Å². The van der Waals surface area contributed by atoms with E-state index in [2.05, 4.69) is 23.6 Å². The predicted molar refractivity (Wildman–Crippen MR) is 103 cm³/mol. The van der Waals surface area contributed by atoms with E-state index in [1.807, 2.05) is 0 Å². The largest absolute Gasteiger partial charge is 0.366 e. The van der Waals surface area contributed by atoms with E-state index >= 15 is 0 Å². The highest BCUT2D eigenvalue weighted by atomic mass is 19.1. The molecule has 0 N–H and O–H groups in total. The summed E-state index contributed by atoms with van der Waals surface area (Å²) in [5, 5.41) is 0. The summed E-state index contributed by atoms with van der Waals surface area (Å²) in [7, 11) is 0. The van der Waals surface area contributed by atoms with Gasteiger partial charge in [-0.1, -0.05) is 13.8 Å². The molecule has 150 valence electrons. The number of nitrogens with zero attached hydrogens (tertiary/aromatic N) is 2. The number of ether oxygens (including phenoxy) is 1. The monoisotopic (exact) mass is 378 g/mol. The van der Waals surface area contributed by atoms with E-state index in [9.17, 15) is 8.78 Å². The van der Waals surface area contributed by atoms with E-state index in [-0.39, 0.29) is 22.8 Å². The van der Waals surface area contributed by atoms with E-state index in [0.29, 0.717) is 17.9 Å². The maximum absolute atomic E-state index is 13.8. The van der Waals surface area contributed by atoms with Crippen LogP contribution in [0.5, 0.6) is 0 Å². The van der Waals surface area contributed by atoms with Crippen molar-refractivity contribution >= 4 is 0 Å². The molecule has 0 radical (unpaired) electrons. The molecule has 27 heavy (non-hydrogen) atoms. The van der Waals surface area contributed by atoms with Gasteiger partial charge in [0.25, 0.3) is 0 Å². The van der Waals surface area contributed by atoms with Gasteiger partial charge >= 0.3 is 0 Å². The van der Waals surface area contributed by atoms with E-state index in [4.69, 9.17) is 4.74 Å². The molecule has 1 aromatic carbocycles. The second-order valence-corrected chi connectivity index (χ2v) is 9.36. The zero-order valence-electron chi connectivity index (χ0n) is 16.6. The molecule has 5 heteroatoms. The molecule has 3 nitrogen and oxygen atoms in total. The van der Waals surface area contributed by atoms with Gasteiger partial charge < -0.3 is 9.64 Å². The van der Waals surface area contributed by atoms with Gasteiger partial charge in [-0.2, -0.15) is 0 Å². The van der Waals surface area contributed by atoms with E-state index in [0.717, 1.165) is 52.1 Å². The Bertz CT molecular complexity index is 666. The van der Waals surface area contributed by atoms with Gasteiger partial charge in [-0.15, -0.1) is 0 Å². The van der Waals surface area contributed by atoms with Crippen molar-refractivity contribution in [1.29, 1.82) is 0 Å². The highest BCUT2D eigenvalue weighted by Gasteiger charge is 2.55. The molecule has 0 aromatic heterocycles. The maximum atomic E-state index is 13.8. The standard InChI is InChI=1S/C22H32F2N2O/c1-17(2)14-26-15-21(6-7-21)27-22(16-26)8-11-25(12-9-22)10-5-18-13-19(23)3-4-20(18)24/h3-4,13,17H,5-12,14-16H2,1-2H3. The zero-order valence-corrected chi connectivity index (χ0v) is 16.6. The van der Waals surface area contributed by atoms with Gasteiger partial charge in [0.05, 0.1) is 11.2 Å². The van der Waals surface area contributed by atoms with Crippen LogP contribution in [0.2, 0.25) is 0 Å². The van der Waals surface area contributed by atoms with Crippen molar-refractivity contribution in [2.24, 2.45) is 5.92 Å². The normalized spacial score (nSPS) is 24.8. The Hall–Kier alpha value is -1.04. The Morgan fingerprint density at radius 2 is 1.67 bits per heavy atom. The number of hydrogen-bond acceptors (Lipinski definition) is 3. The number of piperidine rings is 1. The average Bonchev–Trinajstić information content (AvgIpc) is 3.34. The fourth-order valence-electron chi connectivity index (χ4n) is 4.90. The van der Waals surface area contributed by atoms with Crippen molar-refractivity contribution in [2.75, 3.05) is 39.3 Å². The summed E-state index contributed by atoms with van der Waals surface area (Å²) in [6.45, 7) is 10.6. The maximum Gasteiger partial charge on any atom is 0.126 e. The van der Waals surface area contributed by atoms with Crippen LogP contribution in [-0.4, -0.2) is 60.3 Å². The number of benzene rings is 1. The molecule has 2 aliphatic heterocycles. The van der Waals surface area contributed by atoms with Gasteiger partial charge in [0.2, 0.25) is 0 Å². The molecule has 2 saturated heterocycles. The second-order valence-electron chi connectivity index (χ2n) is 9.36. The van der Waals surface area contributed by atoms with Gasteiger partial charge in [0.15, 0.2) is 0 Å². The quantitative estimate of drug-likeness (QED) is 0.774. The van der Waals surface area contributed by atoms with Crippen LogP contribution in [0.25, 0.3) is 0 Å². The first-order valence-corrected chi connectivity index (χ1v) is 10.5. The predicted octanol–water partition coefficient (Wildman–Crippen LogP) is 3.86. The van der Waals surface area contributed by atoms with Crippen LogP contribution < -0.4 is 0 Å². The van der Waals surface area contributed by atoms with Crippen molar-refractivity contribution in [1.82, 2.24) is 9.80 Å². The SMILES string of the molecule is CC(C)CN1CC2(CCN(CCc3cc(F)ccc3F)CC2)OC2(CC2)C1. The van der Waals surface area contributed by atoms with Crippen molar-refractivity contribution < 1.29 is 13.5 Å². The second kappa shape index (κ2) is 7.41. The highest BCUT2D eigenvalue weighted by Crippen LogP contribution is 2.49. The summed E-state index contributed by atoms with van der Waals surface area (Å²) in [6.07, 6.45) is 5.03. The molecule has 0 unspecified atom stereocenters. The van der Waals surface area contributed by atoms with Gasteiger partial charge in [-0.05, 0) is 61.8 Å². The summed E-state index contributed by atoms with van der Waals surface area (Å²) in [4.78, 5) is 5.00. The average molecular weight is 379 g/mol. The Kier molecular flexibility index (Phi) is 5.30. The van der Waals surface area contributed by atoms with Crippen molar-refractivity contribution in [3.8, 4) is 0 Å². The molecule has 0 amide bonds. The first kappa shape index (κ1) is 19.3. The first-order valence-electron chi connectivity index (χ1n) is 10.5. The molecule has 0 atom stereocenters. The lowest BCUT2D eigenvalue weighted by Crippen LogP contribution is -2.61. The molecule has 2 heterocycles. The Balaban J connectivity index is 1.33. The number of rotatable bonds is 5. The first-order chi connectivity index (χ1) is 12.9. The number of morpholine rings is 1. The van der Waals surface area contributed by atoms with Gasteiger partial charge in [-0.3, -0.25) is 4.90 Å². The number of halogens is 2. The summed E-state index contributed by atoms with van der Waals surface area (Å²) in [5.41, 5.74) is 0.591. The van der Waals surface area contributed by atoms with Crippen LogP contribution in [0, 0.1) is 17.6 Å². The third-order valence-electron chi connectivity index (χ3n) is 6.36. The lowest BCUT2D eigenvalue weighted by molar-refractivity contribution is -0.189. The smallest absolute Gasteiger partial charge is 0.126 e. The molecule has 3 aliphatic rings. The van der Waals surface area contributed by atoms with Gasteiger partial charge in [0.1, 0.15) is 11.6 Å². The molecule has 0 bridgehead atoms. The van der Waals surface area contributed by atoms with Crippen LogP contribution in [0.3, 0.4) is 0 Å². The minimum Gasteiger partial charge on any atom is -0.366 e. The summed E-state index contributed by atoms with van der Waals surface area (Å²) in [5.74, 6) is 0.0114. The number of likely N-dealkylation sites (tertiary alicyclic amines) is 1. The molecule has 1 aliphatic carbocycles. The Morgan fingerprint density at radius 3 is 2.30 bits per heavy atom. The van der Waals surface area contributed by atoms with Crippen molar-refractivity contribution in [2.45, 2.75) is 57.2 Å². The van der Waals surface area contributed by atoms with Gasteiger partial charge in [-0.25, -0.2) is 8.78 Å². The van der Waals surface area contributed by atoms with Crippen LogP contribution in [-0.2, 0) is 11.2 Å². The van der Waals surface area contributed by atoms with Crippen LogP contribution in [0.15, 0.2) is 18.2 Å². The molecule has 3 fully saturated rings. The van der Waals surface area contributed by atoms with E-state index in [1.165, 1.54) is 31.0 Å². The summed E-state index contributed by atoms with van der Waals surface area (Å²) >= 11 is 0. The molecule has 4 rings (SSSR count). The summed E-state index contributed by atoms with van der Waals surface area (Å²) in [6, 6.07) is 3.73.